The van der Waals surface area contributed by atoms with Crippen molar-refractivity contribution < 1.29 is 27.9 Å². The standard InChI is InChI=1S/C19H16FNO5/c1-23-16-8-4-5-9-17(16)24-12-19(22)25-11-13-10-18(26-21-13)14-6-2-3-7-15(14)20/h2-10H,11-12H2,1H3. The van der Waals surface area contributed by atoms with E-state index in [1.54, 1.807) is 42.5 Å². The van der Waals surface area contributed by atoms with E-state index in [0.29, 0.717) is 17.2 Å². The van der Waals surface area contributed by atoms with Crippen molar-refractivity contribution in [2.75, 3.05) is 13.7 Å². The molecule has 0 unspecified atom stereocenters. The molecule has 6 nitrogen and oxygen atoms in total. The summed E-state index contributed by atoms with van der Waals surface area (Å²) >= 11 is 0. The van der Waals surface area contributed by atoms with Crippen LogP contribution in [0.5, 0.6) is 11.5 Å². The molecule has 0 aliphatic carbocycles. The third kappa shape index (κ3) is 4.18. The second-order valence-corrected chi connectivity index (χ2v) is 5.26. The Morgan fingerprint density at radius 2 is 1.85 bits per heavy atom. The summed E-state index contributed by atoms with van der Waals surface area (Å²) in [5, 5.41) is 3.77. The molecule has 0 atom stereocenters. The van der Waals surface area contributed by atoms with Gasteiger partial charge in [0.1, 0.15) is 18.1 Å². The van der Waals surface area contributed by atoms with Gasteiger partial charge in [-0.2, -0.15) is 0 Å². The van der Waals surface area contributed by atoms with Crippen molar-refractivity contribution in [1.29, 1.82) is 0 Å². The molecule has 1 aromatic heterocycles. The van der Waals surface area contributed by atoms with Gasteiger partial charge in [-0.1, -0.05) is 29.4 Å². The highest BCUT2D eigenvalue weighted by Gasteiger charge is 2.13. The minimum absolute atomic E-state index is 0.105. The van der Waals surface area contributed by atoms with E-state index in [4.69, 9.17) is 18.7 Å². The summed E-state index contributed by atoms with van der Waals surface area (Å²) in [4.78, 5) is 11.8. The lowest BCUT2D eigenvalue weighted by molar-refractivity contribution is -0.147. The maximum atomic E-state index is 13.7. The first-order chi connectivity index (χ1) is 12.7. The van der Waals surface area contributed by atoms with Gasteiger partial charge >= 0.3 is 5.97 Å². The Hall–Kier alpha value is -3.35. The maximum absolute atomic E-state index is 13.7. The third-order valence-electron chi connectivity index (χ3n) is 3.49. The molecule has 134 valence electrons. The Bertz CT molecular complexity index is 893. The quantitative estimate of drug-likeness (QED) is 0.602. The molecule has 0 spiro atoms. The van der Waals surface area contributed by atoms with Crippen LogP contribution in [0.1, 0.15) is 5.69 Å². The van der Waals surface area contributed by atoms with Crippen LogP contribution in [0.2, 0.25) is 0 Å². The molecule has 1 heterocycles. The number of rotatable bonds is 7. The lowest BCUT2D eigenvalue weighted by atomic mass is 10.1. The minimum atomic E-state index is -0.577. The highest BCUT2D eigenvalue weighted by Crippen LogP contribution is 2.26. The topological polar surface area (TPSA) is 70.8 Å². The fourth-order valence-electron chi connectivity index (χ4n) is 2.24. The van der Waals surface area contributed by atoms with E-state index in [1.165, 1.54) is 19.2 Å². The molecule has 26 heavy (non-hydrogen) atoms. The van der Waals surface area contributed by atoms with E-state index in [9.17, 15) is 9.18 Å². The molecular formula is C19H16FNO5. The molecule has 0 N–H and O–H groups in total. The molecule has 3 rings (SSSR count). The Morgan fingerprint density at radius 1 is 1.12 bits per heavy atom. The highest BCUT2D eigenvalue weighted by molar-refractivity contribution is 5.71. The number of carbonyl (C=O) groups is 1. The van der Waals surface area contributed by atoms with Crippen LogP contribution in [0, 0.1) is 5.82 Å². The lowest BCUT2D eigenvalue weighted by Gasteiger charge is -2.09. The second kappa shape index (κ2) is 8.15. The first-order valence-corrected chi connectivity index (χ1v) is 7.79. The van der Waals surface area contributed by atoms with Crippen LogP contribution in [-0.4, -0.2) is 24.8 Å². The fourth-order valence-corrected chi connectivity index (χ4v) is 2.24. The van der Waals surface area contributed by atoms with E-state index >= 15 is 0 Å². The molecule has 2 aromatic carbocycles. The molecule has 0 aliphatic heterocycles. The highest BCUT2D eigenvalue weighted by atomic mass is 19.1. The molecule has 0 saturated heterocycles. The zero-order valence-corrected chi connectivity index (χ0v) is 14.0. The summed E-state index contributed by atoms with van der Waals surface area (Å²) in [7, 11) is 1.51. The molecule has 0 aliphatic rings. The van der Waals surface area contributed by atoms with Gasteiger partial charge in [0.05, 0.1) is 12.7 Å². The molecule has 0 fully saturated rings. The Balaban J connectivity index is 1.53. The van der Waals surface area contributed by atoms with Gasteiger partial charge in [0, 0.05) is 6.07 Å². The van der Waals surface area contributed by atoms with Crippen LogP contribution in [-0.2, 0) is 16.1 Å². The number of esters is 1. The van der Waals surface area contributed by atoms with Crippen molar-refractivity contribution in [1.82, 2.24) is 5.16 Å². The zero-order valence-electron chi connectivity index (χ0n) is 14.0. The number of aromatic nitrogens is 1. The Morgan fingerprint density at radius 3 is 2.62 bits per heavy atom. The predicted molar refractivity (Wildman–Crippen MR) is 90.2 cm³/mol. The summed E-state index contributed by atoms with van der Waals surface area (Å²) in [5.41, 5.74) is 0.658. The van der Waals surface area contributed by atoms with Gasteiger partial charge in [-0.05, 0) is 24.3 Å². The van der Waals surface area contributed by atoms with E-state index < -0.39 is 11.8 Å². The van der Waals surface area contributed by atoms with Crippen LogP contribution in [0.3, 0.4) is 0 Å². The number of para-hydroxylation sites is 2. The third-order valence-corrected chi connectivity index (χ3v) is 3.49. The monoisotopic (exact) mass is 357 g/mol. The smallest absolute Gasteiger partial charge is 0.344 e. The Kier molecular flexibility index (Phi) is 5.48. The summed E-state index contributed by atoms with van der Waals surface area (Å²) in [6.45, 7) is -0.384. The van der Waals surface area contributed by atoms with Crippen LogP contribution in [0.25, 0.3) is 11.3 Å². The molecule has 0 radical (unpaired) electrons. The van der Waals surface area contributed by atoms with Crippen molar-refractivity contribution in [2.24, 2.45) is 0 Å². The number of hydrogen-bond donors (Lipinski definition) is 0. The van der Waals surface area contributed by atoms with Crippen LogP contribution < -0.4 is 9.47 Å². The van der Waals surface area contributed by atoms with Gasteiger partial charge in [-0.15, -0.1) is 0 Å². The van der Waals surface area contributed by atoms with E-state index in [2.05, 4.69) is 5.16 Å². The van der Waals surface area contributed by atoms with Gasteiger partial charge in [-0.3, -0.25) is 0 Å². The maximum Gasteiger partial charge on any atom is 0.344 e. The van der Waals surface area contributed by atoms with Crippen LogP contribution in [0.4, 0.5) is 4.39 Å². The van der Waals surface area contributed by atoms with Gasteiger partial charge in [0.25, 0.3) is 0 Å². The van der Waals surface area contributed by atoms with Gasteiger partial charge in [0.15, 0.2) is 23.9 Å². The van der Waals surface area contributed by atoms with Crippen molar-refractivity contribution in [3.63, 3.8) is 0 Å². The molecular weight excluding hydrogens is 341 g/mol. The normalized spacial score (nSPS) is 10.4. The molecule has 3 aromatic rings. The van der Waals surface area contributed by atoms with E-state index in [1.807, 2.05) is 0 Å². The van der Waals surface area contributed by atoms with Gasteiger partial charge in [0.2, 0.25) is 0 Å². The zero-order chi connectivity index (χ0) is 18.4. The largest absolute Gasteiger partial charge is 0.493 e. The van der Waals surface area contributed by atoms with Crippen molar-refractivity contribution >= 4 is 5.97 Å². The van der Waals surface area contributed by atoms with Crippen molar-refractivity contribution in [3.05, 3.63) is 66.1 Å². The van der Waals surface area contributed by atoms with Crippen LogP contribution in [0.15, 0.2) is 59.1 Å². The van der Waals surface area contributed by atoms with E-state index in [-0.39, 0.29) is 24.5 Å². The molecule has 0 amide bonds. The van der Waals surface area contributed by atoms with E-state index in [0.717, 1.165) is 0 Å². The SMILES string of the molecule is COc1ccccc1OCC(=O)OCc1cc(-c2ccccc2F)on1. The number of nitrogens with zero attached hydrogens (tertiary/aromatic N) is 1. The predicted octanol–water partition coefficient (Wildman–Crippen LogP) is 3.61. The number of ether oxygens (including phenoxy) is 3. The lowest BCUT2D eigenvalue weighted by Crippen LogP contribution is -2.15. The minimum Gasteiger partial charge on any atom is -0.493 e. The van der Waals surface area contributed by atoms with Gasteiger partial charge < -0.3 is 18.7 Å². The van der Waals surface area contributed by atoms with Gasteiger partial charge in [-0.25, -0.2) is 9.18 Å². The molecule has 0 saturated carbocycles. The molecule has 7 heteroatoms. The molecule has 0 bridgehead atoms. The summed E-state index contributed by atoms with van der Waals surface area (Å²) < 4.78 is 34.4. The number of benzene rings is 2. The average molecular weight is 357 g/mol. The number of methoxy groups -OCH3 is 1. The number of halogens is 1. The fraction of sp³-hybridized carbons (Fsp3) is 0.158. The van der Waals surface area contributed by atoms with Crippen molar-refractivity contribution in [3.8, 4) is 22.8 Å². The number of hydrogen-bond acceptors (Lipinski definition) is 6. The second-order valence-electron chi connectivity index (χ2n) is 5.26. The summed E-state index contributed by atoms with van der Waals surface area (Å²) in [6, 6.07) is 14.7. The summed E-state index contributed by atoms with van der Waals surface area (Å²) in [5.74, 6) is 0.227. The first kappa shape index (κ1) is 17.5. The first-order valence-electron chi connectivity index (χ1n) is 7.79. The Labute approximate surface area is 149 Å². The van der Waals surface area contributed by atoms with Crippen LogP contribution >= 0.6 is 0 Å². The number of carbonyl (C=O) groups excluding carboxylic acids is 1. The summed E-state index contributed by atoms with van der Waals surface area (Å²) in [6.07, 6.45) is 0. The van der Waals surface area contributed by atoms with Crippen molar-refractivity contribution in [2.45, 2.75) is 6.61 Å². The average Bonchev–Trinajstić information content (AvgIpc) is 3.14.